The Morgan fingerprint density at radius 2 is 0.911 bits per heavy atom. The van der Waals surface area contributed by atoms with Crippen molar-refractivity contribution >= 4 is 53.4 Å². The standard InChI is InChI=1S/C51H31N3OS/c1-3-11-32(12-4-1)34-15-9-17-38(27-34)49-52-50(39-18-10-16-35(28-39)33-13-5-2-6-14-33)54-51(53-49)40-21-24-42-44-30-37(23-26-47(44)56-48(42)31-40)36-22-25-46-43(29-36)41-19-7-8-20-45(41)55-46/h1-31H/i7D,8D,19D,20D,21D,22D,23D,24D,25D,26D,29D,30D,31D. The van der Waals surface area contributed by atoms with Crippen molar-refractivity contribution < 1.29 is 22.2 Å². The lowest BCUT2D eigenvalue weighted by atomic mass is 10.0. The highest BCUT2D eigenvalue weighted by Crippen LogP contribution is 2.40. The summed E-state index contributed by atoms with van der Waals surface area (Å²) in [5.41, 5.74) is 3.37. The molecule has 0 saturated heterocycles. The van der Waals surface area contributed by atoms with Crippen molar-refractivity contribution in [1.82, 2.24) is 15.0 Å². The molecule has 0 bridgehead atoms. The van der Waals surface area contributed by atoms with Gasteiger partial charge < -0.3 is 4.42 Å². The highest BCUT2D eigenvalue weighted by Gasteiger charge is 2.16. The largest absolute Gasteiger partial charge is 0.456 e. The molecule has 0 saturated carbocycles. The van der Waals surface area contributed by atoms with E-state index in [9.17, 15) is 9.60 Å². The lowest BCUT2D eigenvalue weighted by molar-refractivity contribution is 0.669. The molecule has 0 unspecified atom stereocenters. The lowest BCUT2D eigenvalue weighted by Crippen LogP contribution is -2.00. The molecule has 8 aromatic carbocycles. The van der Waals surface area contributed by atoms with Crippen LogP contribution in [0.1, 0.15) is 17.8 Å². The molecule has 0 aliphatic rings. The molecule has 0 radical (unpaired) electrons. The van der Waals surface area contributed by atoms with Crippen LogP contribution in [0.2, 0.25) is 0 Å². The van der Waals surface area contributed by atoms with Gasteiger partial charge in [0, 0.05) is 47.6 Å². The van der Waals surface area contributed by atoms with E-state index in [0.29, 0.717) is 11.1 Å². The van der Waals surface area contributed by atoms with Gasteiger partial charge in [-0.2, -0.15) is 0 Å². The van der Waals surface area contributed by atoms with E-state index in [4.69, 9.17) is 27.6 Å². The van der Waals surface area contributed by atoms with Crippen LogP contribution in [0.15, 0.2) is 192 Å². The minimum atomic E-state index is -0.650. The minimum Gasteiger partial charge on any atom is -0.456 e. The Hall–Kier alpha value is -7.21. The highest BCUT2D eigenvalue weighted by atomic mass is 32.1. The first-order valence-electron chi connectivity index (χ1n) is 24.1. The highest BCUT2D eigenvalue weighted by molar-refractivity contribution is 7.25. The Balaban J connectivity index is 1.15. The van der Waals surface area contributed by atoms with Gasteiger partial charge in [0.25, 0.3) is 0 Å². The zero-order chi connectivity index (χ0) is 48.3. The zero-order valence-electron chi connectivity index (χ0n) is 42.1. The normalized spacial score (nSPS) is 14.8. The molecule has 0 N–H and O–H groups in total. The van der Waals surface area contributed by atoms with E-state index >= 15 is 0 Å². The number of hydrogen-bond acceptors (Lipinski definition) is 5. The van der Waals surface area contributed by atoms with Crippen LogP contribution in [0.5, 0.6) is 0 Å². The molecule has 4 nitrogen and oxygen atoms in total. The Labute approximate surface area is 345 Å². The molecule has 56 heavy (non-hydrogen) atoms. The molecule has 0 atom stereocenters. The number of nitrogens with zero attached hydrogens (tertiary/aromatic N) is 3. The zero-order valence-corrected chi connectivity index (χ0v) is 29.9. The summed E-state index contributed by atoms with van der Waals surface area (Å²) in [5.74, 6) is 0.426. The Bertz CT molecular complexity index is 3910. The molecule has 262 valence electrons. The van der Waals surface area contributed by atoms with Crippen molar-refractivity contribution in [3.8, 4) is 67.5 Å². The van der Waals surface area contributed by atoms with E-state index in [1.807, 2.05) is 109 Å². The number of thiophene rings is 1. The van der Waals surface area contributed by atoms with Crippen LogP contribution in [-0.2, 0) is 0 Å². The molecule has 0 amide bonds. The molecule has 5 heteroatoms. The second-order valence-corrected chi connectivity index (χ2v) is 14.0. The van der Waals surface area contributed by atoms with E-state index in [-0.39, 0.29) is 71.2 Å². The van der Waals surface area contributed by atoms with Crippen molar-refractivity contribution in [2.75, 3.05) is 0 Å². The first kappa shape index (κ1) is 21.6. The predicted octanol–water partition coefficient (Wildman–Crippen LogP) is 14.1. The summed E-state index contributed by atoms with van der Waals surface area (Å²) in [6.07, 6.45) is 0. The summed E-state index contributed by atoms with van der Waals surface area (Å²) >= 11 is 0.883. The van der Waals surface area contributed by atoms with Crippen molar-refractivity contribution in [2.24, 2.45) is 0 Å². The minimum absolute atomic E-state index is 0.0396. The van der Waals surface area contributed by atoms with Crippen LogP contribution in [-0.4, -0.2) is 15.0 Å². The van der Waals surface area contributed by atoms with Gasteiger partial charge in [-0.15, -0.1) is 11.3 Å². The van der Waals surface area contributed by atoms with Crippen LogP contribution in [0.3, 0.4) is 0 Å². The number of hydrogen-bond donors (Lipinski definition) is 0. The smallest absolute Gasteiger partial charge is 0.164 e. The number of furan rings is 1. The van der Waals surface area contributed by atoms with Gasteiger partial charge in [-0.25, -0.2) is 15.0 Å². The first-order valence-corrected chi connectivity index (χ1v) is 18.4. The maximum Gasteiger partial charge on any atom is 0.164 e. The van der Waals surface area contributed by atoms with Gasteiger partial charge in [-0.1, -0.05) is 139 Å². The molecule has 0 fully saturated rings. The molecule has 11 rings (SSSR count). The molecular formula is C51H31N3OS. The van der Waals surface area contributed by atoms with E-state index in [1.165, 1.54) is 0 Å². The van der Waals surface area contributed by atoms with Crippen LogP contribution < -0.4 is 0 Å². The average Bonchev–Trinajstić information content (AvgIpc) is 3.99. The van der Waals surface area contributed by atoms with Crippen molar-refractivity contribution in [3.63, 3.8) is 0 Å². The fourth-order valence-electron chi connectivity index (χ4n) is 6.74. The van der Waals surface area contributed by atoms with E-state index in [0.717, 1.165) is 33.6 Å². The summed E-state index contributed by atoms with van der Waals surface area (Å²) in [6.45, 7) is 0. The van der Waals surface area contributed by atoms with Crippen LogP contribution in [0.4, 0.5) is 0 Å². The first-order chi connectivity index (χ1) is 33.2. The van der Waals surface area contributed by atoms with Gasteiger partial charge in [-0.3, -0.25) is 0 Å². The number of rotatable bonds is 6. The van der Waals surface area contributed by atoms with Crippen molar-refractivity contribution in [3.05, 3.63) is 188 Å². The SMILES string of the molecule is [2H]c1c([2H])c([2H])c2c(oc3c([2H])c([2H])c(-c4c([2H])c([2H])c5sc6c([2H])c(-c7nc(-c8cccc(-c9ccccc9)c8)nc(-c8cccc(-c9ccccc9)c8)n7)c([2H])c([2H])c6c5c4[2H])c([2H])c32)c1[2H]. The molecule has 3 aromatic heterocycles. The number of aromatic nitrogens is 3. The maximum atomic E-state index is 9.70. The van der Waals surface area contributed by atoms with Crippen molar-refractivity contribution in [1.29, 1.82) is 0 Å². The molecule has 11 aromatic rings. The quantitative estimate of drug-likeness (QED) is 0.170. The fourth-order valence-corrected chi connectivity index (χ4v) is 7.71. The third kappa shape index (κ3) is 5.74. The number of benzene rings is 8. The maximum absolute atomic E-state index is 9.70. The fraction of sp³-hybridized carbons (Fsp3) is 0. The molecule has 3 heterocycles. The van der Waals surface area contributed by atoms with Crippen LogP contribution in [0.25, 0.3) is 110 Å². The molecule has 0 aliphatic heterocycles. The van der Waals surface area contributed by atoms with Crippen molar-refractivity contribution in [2.45, 2.75) is 0 Å². The van der Waals surface area contributed by atoms with Gasteiger partial charge >= 0.3 is 0 Å². The Morgan fingerprint density at radius 1 is 0.375 bits per heavy atom. The van der Waals surface area contributed by atoms with Gasteiger partial charge in [0.05, 0.1) is 17.8 Å². The summed E-state index contributed by atoms with van der Waals surface area (Å²) < 4.78 is 123. The second-order valence-electron chi connectivity index (χ2n) is 13.0. The summed E-state index contributed by atoms with van der Waals surface area (Å²) in [4.78, 5) is 14.7. The third-order valence-corrected chi connectivity index (χ3v) is 10.5. The third-order valence-electron chi connectivity index (χ3n) is 9.46. The lowest BCUT2D eigenvalue weighted by Gasteiger charge is -2.11. The number of fused-ring (bicyclic) bond motifs is 6. The summed E-state index contributed by atoms with van der Waals surface area (Å²) in [6, 6.07) is 28.1. The van der Waals surface area contributed by atoms with Gasteiger partial charge in [-0.05, 0) is 81.8 Å². The molecular weight excluding hydrogens is 703 g/mol. The molecule has 0 aliphatic carbocycles. The molecule has 0 spiro atoms. The average molecular weight is 747 g/mol. The Kier molecular flexibility index (Phi) is 5.12. The van der Waals surface area contributed by atoms with E-state index < -0.39 is 83.6 Å². The Morgan fingerprint density at radius 3 is 1.59 bits per heavy atom. The van der Waals surface area contributed by atoms with Gasteiger partial charge in [0.15, 0.2) is 17.5 Å². The number of para-hydroxylation sites is 1. The van der Waals surface area contributed by atoms with E-state index in [2.05, 4.69) is 0 Å². The van der Waals surface area contributed by atoms with Gasteiger partial charge in [0.2, 0.25) is 0 Å². The van der Waals surface area contributed by atoms with Crippen LogP contribution >= 0.6 is 11.3 Å². The topological polar surface area (TPSA) is 51.8 Å². The monoisotopic (exact) mass is 746 g/mol. The summed E-state index contributed by atoms with van der Waals surface area (Å²) in [5, 5.41) is -0.544. The second kappa shape index (κ2) is 13.3. The van der Waals surface area contributed by atoms with Gasteiger partial charge in [0.1, 0.15) is 11.2 Å². The van der Waals surface area contributed by atoms with E-state index in [1.54, 1.807) is 0 Å². The van der Waals surface area contributed by atoms with Crippen LogP contribution in [0, 0.1) is 0 Å². The predicted molar refractivity (Wildman–Crippen MR) is 233 cm³/mol. The summed E-state index contributed by atoms with van der Waals surface area (Å²) in [7, 11) is 0.